The minimum absolute atomic E-state index is 0.0238. The Kier molecular flexibility index (Phi) is 4.56. The van der Waals surface area contributed by atoms with Crippen molar-refractivity contribution in [2.24, 2.45) is 0 Å². The van der Waals surface area contributed by atoms with E-state index in [-0.39, 0.29) is 24.2 Å². The number of nitrogens with zero attached hydrogens (tertiary/aromatic N) is 1. The zero-order valence-corrected chi connectivity index (χ0v) is 14.6. The number of hydrogen-bond donors (Lipinski definition) is 2. The summed E-state index contributed by atoms with van der Waals surface area (Å²) in [7, 11) is 0. The molecule has 2 fully saturated rings. The Morgan fingerprint density at radius 2 is 1.96 bits per heavy atom. The summed E-state index contributed by atoms with van der Waals surface area (Å²) >= 11 is 0. The van der Waals surface area contributed by atoms with Crippen molar-refractivity contribution in [2.75, 3.05) is 13.2 Å². The fourth-order valence-electron chi connectivity index (χ4n) is 4.48. The number of para-hydroxylation sites is 2. The molecule has 0 saturated carbocycles. The molecule has 1 amide bonds. The zero-order valence-electron chi connectivity index (χ0n) is 14.6. The maximum absolute atomic E-state index is 12.6. The molecule has 136 valence electrons. The van der Waals surface area contributed by atoms with Crippen molar-refractivity contribution in [3.8, 4) is 11.5 Å². The van der Waals surface area contributed by atoms with Gasteiger partial charge < -0.3 is 19.9 Å². The summed E-state index contributed by atoms with van der Waals surface area (Å²) in [6.45, 7) is 2.84. The van der Waals surface area contributed by atoms with Crippen LogP contribution < -0.4 is 14.8 Å². The van der Waals surface area contributed by atoms with E-state index in [1.807, 2.05) is 31.2 Å². The second-order valence-corrected chi connectivity index (χ2v) is 7.38. The van der Waals surface area contributed by atoms with Crippen LogP contribution in [-0.2, 0) is 4.79 Å². The van der Waals surface area contributed by atoms with Gasteiger partial charge in [-0.25, -0.2) is 0 Å². The molecule has 0 unspecified atom stereocenters. The molecular formula is C19H26N2O4. The number of amides is 1. The summed E-state index contributed by atoms with van der Waals surface area (Å²) in [5.41, 5.74) is 0. The molecule has 3 heterocycles. The van der Waals surface area contributed by atoms with Gasteiger partial charge in [-0.2, -0.15) is 0 Å². The highest BCUT2D eigenvalue weighted by atomic mass is 16.6. The van der Waals surface area contributed by atoms with Crippen LogP contribution in [0.1, 0.15) is 32.6 Å². The molecule has 0 aliphatic carbocycles. The van der Waals surface area contributed by atoms with Gasteiger partial charge in [0.1, 0.15) is 12.7 Å². The van der Waals surface area contributed by atoms with Gasteiger partial charge in [0.15, 0.2) is 11.5 Å². The number of benzene rings is 1. The first-order valence-corrected chi connectivity index (χ1v) is 9.23. The highest BCUT2D eigenvalue weighted by Crippen LogP contribution is 2.37. The van der Waals surface area contributed by atoms with E-state index in [1.54, 1.807) is 0 Å². The van der Waals surface area contributed by atoms with Gasteiger partial charge in [-0.05, 0) is 44.7 Å². The lowest BCUT2D eigenvalue weighted by molar-refractivity contribution is -0.129. The first kappa shape index (κ1) is 16.7. The standard InChI is InChI=1S/C19H26N2O4/c1-12(21-13-6-7-14(21)9-15(22)8-13)19(23)20-10-16-11-24-17-4-2-3-5-18(17)25-16/h2-5,12-16,22H,6-11H2,1H3,(H,20,23)/t12-,13+,14+,16+/m1/s1. The Balaban J connectivity index is 1.31. The molecule has 25 heavy (non-hydrogen) atoms. The van der Waals surface area contributed by atoms with Crippen molar-refractivity contribution < 1.29 is 19.4 Å². The minimum Gasteiger partial charge on any atom is -0.486 e. The Labute approximate surface area is 148 Å². The fraction of sp³-hybridized carbons (Fsp3) is 0.632. The number of rotatable bonds is 4. The molecule has 0 radical (unpaired) electrons. The number of piperidine rings is 1. The van der Waals surface area contributed by atoms with E-state index in [0.717, 1.165) is 37.2 Å². The average molecular weight is 346 g/mol. The largest absolute Gasteiger partial charge is 0.486 e. The Hall–Kier alpha value is -1.79. The Morgan fingerprint density at radius 1 is 1.28 bits per heavy atom. The first-order chi connectivity index (χ1) is 12.1. The number of fused-ring (bicyclic) bond motifs is 3. The summed E-state index contributed by atoms with van der Waals surface area (Å²) in [6.07, 6.45) is 3.34. The molecule has 3 aliphatic heterocycles. The molecule has 2 saturated heterocycles. The van der Waals surface area contributed by atoms with E-state index in [9.17, 15) is 9.90 Å². The molecule has 6 heteroatoms. The number of ether oxygens (including phenoxy) is 2. The predicted octanol–water partition coefficient (Wildman–Crippen LogP) is 1.32. The highest BCUT2D eigenvalue weighted by molar-refractivity contribution is 5.81. The van der Waals surface area contributed by atoms with E-state index in [1.165, 1.54) is 0 Å². The quantitative estimate of drug-likeness (QED) is 0.860. The summed E-state index contributed by atoms with van der Waals surface area (Å²) in [6, 6.07) is 8.06. The van der Waals surface area contributed by atoms with Crippen molar-refractivity contribution in [3.05, 3.63) is 24.3 Å². The summed E-state index contributed by atoms with van der Waals surface area (Å²) < 4.78 is 11.6. The number of aliphatic hydroxyl groups is 1. The van der Waals surface area contributed by atoms with E-state index in [0.29, 0.717) is 25.2 Å². The summed E-state index contributed by atoms with van der Waals surface area (Å²) in [5.74, 6) is 1.50. The summed E-state index contributed by atoms with van der Waals surface area (Å²) in [5, 5.41) is 12.9. The molecule has 1 aromatic rings. The van der Waals surface area contributed by atoms with Gasteiger partial charge in [-0.1, -0.05) is 12.1 Å². The van der Waals surface area contributed by atoms with Crippen LogP contribution in [0.15, 0.2) is 24.3 Å². The van der Waals surface area contributed by atoms with Gasteiger partial charge in [-0.3, -0.25) is 9.69 Å². The number of carbonyl (C=O) groups is 1. The van der Waals surface area contributed by atoms with Crippen LogP contribution in [-0.4, -0.2) is 59.4 Å². The van der Waals surface area contributed by atoms with E-state index in [2.05, 4.69) is 10.2 Å². The van der Waals surface area contributed by atoms with Crippen molar-refractivity contribution in [1.82, 2.24) is 10.2 Å². The molecule has 2 bridgehead atoms. The van der Waals surface area contributed by atoms with Crippen molar-refractivity contribution in [1.29, 1.82) is 0 Å². The summed E-state index contributed by atoms with van der Waals surface area (Å²) in [4.78, 5) is 14.9. The maximum atomic E-state index is 12.6. The molecule has 0 spiro atoms. The predicted molar refractivity (Wildman–Crippen MR) is 92.7 cm³/mol. The van der Waals surface area contributed by atoms with Gasteiger partial charge in [0.25, 0.3) is 0 Å². The van der Waals surface area contributed by atoms with E-state index < -0.39 is 0 Å². The number of nitrogens with one attached hydrogen (secondary N) is 1. The molecule has 3 aliphatic rings. The molecular weight excluding hydrogens is 320 g/mol. The van der Waals surface area contributed by atoms with Crippen LogP contribution in [0.5, 0.6) is 11.5 Å². The van der Waals surface area contributed by atoms with Gasteiger partial charge in [0, 0.05) is 12.1 Å². The normalized spacial score (nSPS) is 32.2. The number of carbonyl (C=O) groups excluding carboxylic acids is 1. The lowest BCUT2D eigenvalue weighted by atomic mass is 9.98. The number of hydrogen-bond acceptors (Lipinski definition) is 5. The van der Waals surface area contributed by atoms with Crippen LogP contribution >= 0.6 is 0 Å². The monoisotopic (exact) mass is 346 g/mol. The van der Waals surface area contributed by atoms with Gasteiger partial charge in [-0.15, -0.1) is 0 Å². The van der Waals surface area contributed by atoms with Crippen molar-refractivity contribution in [2.45, 2.75) is 62.9 Å². The van der Waals surface area contributed by atoms with Crippen LogP contribution in [0, 0.1) is 0 Å². The van der Waals surface area contributed by atoms with Gasteiger partial charge in [0.2, 0.25) is 5.91 Å². The third-order valence-electron chi connectivity index (χ3n) is 5.66. The maximum Gasteiger partial charge on any atom is 0.237 e. The minimum atomic E-state index is -0.211. The fourth-order valence-corrected chi connectivity index (χ4v) is 4.48. The molecule has 2 N–H and O–H groups in total. The van der Waals surface area contributed by atoms with Crippen LogP contribution in [0.3, 0.4) is 0 Å². The van der Waals surface area contributed by atoms with Crippen molar-refractivity contribution in [3.63, 3.8) is 0 Å². The van der Waals surface area contributed by atoms with Crippen LogP contribution in [0.25, 0.3) is 0 Å². The lowest BCUT2D eigenvalue weighted by Gasteiger charge is -2.40. The van der Waals surface area contributed by atoms with E-state index >= 15 is 0 Å². The molecule has 6 nitrogen and oxygen atoms in total. The second kappa shape index (κ2) is 6.84. The lowest BCUT2D eigenvalue weighted by Crippen LogP contribution is -2.55. The average Bonchev–Trinajstić information content (AvgIpc) is 2.90. The van der Waals surface area contributed by atoms with Gasteiger partial charge in [0.05, 0.1) is 18.7 Å². The zero-order chi connectivity index (χ0) is 17.4. The Morgan fingerprint density at radius 3 is 2.68 bits per heavy atom. The first-order valence-electron chi connectivity index (χ1n) is 9.23. The Bertz CT molecular complexity index is 624. The molecule has 0 aromatic heterocycles. The molecule has 1 aromatic carbocycles. The topological polar surface area (TPSA) is 71.0 Å². The van der Waals surface area contributed by atoms with Crippen LogP contribution in [0.4, 0.5) is 0 Å². The molecule has 4 rings (SSSR count). The molecule has 4 atom stereocenters. The smallest absolute Gasteiger partial charge is 0.237 e. The second-order valence-electron chi connectivity index (χ2n) is 7.38. The third kappa shape index (κ3) is 3.33. The number of aliphatic hydroxyl groups excluding tert-OH is 1. The van der Waals surface area contributed by atoms with Crippen LogP contribution in [0.2, 0.25) is 0 Å². The third-order valence-corrected chi connectivity index (χ3v) is 5.66. The SMILES string of the molecule is C[C@H](C(=O)NC[C@H]1COc2ccccc2O1)N1[C@H]2CC[C@H]1CC(O)C2. The van der Waals surface area contributed by atoms with Gasteiger partial charge >= 0.3 is 0 Å². The van der Waals surface area contributed by atoms with E-state index in [4.69, 9.17) is 9.47 Å². The van der Waals surface area contributed by atoms with Crippen molar-refractivity contribution >= 4 is 5.91 Å². The highest BCUT2D eigenvalue weighted by Gasteiger charge is 2.44.